The molecule has 0 aromatic carbocycles. The summed E-state index contributed by atoms with van der Waals surface area (Å²) in [6.45, 7) is 7.46. The number of nitrogens with zero attached hydrogens (tertiary/aromatic N) is 1. The second-order valence-corrected chi connectivity index (χ2v) is 9.75. The van der Waals surface area contributed by atoms with Gasteiger partial charge in [-0.15, -0.1) is 0 Å². The third kappa shape index (κ3) is 8.79. The Bertz CT molecular complexity index is 578. The zero-order valence-corrected chi connectivity index (χ0v) is 20.8. The van der Waals surface area contributed by atoms with Gasteiger partial charge in [0.25, 0.3) is 0 Å². The first kappa shape index (κ1) is 29.4. The van der Waals surface area contributed by atoms with Gasteiger partial charge in [0.05, 0.1) is 14.1 Å². The van der Waals surface area contributed by atoms with E-state index in [1.165, 1.54) is 45.4 Å². The van der Waals surface area contributed by atoms with Crippen LogP contribution in [-0.2, 0) is 14.4 Å². The summed E-state index contributed by atoms with van der Waals surface area (Å²) < 4.78 is -0.154. The normalized spacial score (nSPS) is 15.7. The molecule has 0 radical (unpaired) electrons. The summed E-state index contributed by atoms with van der Waals surface area (Å²) >= 11 is 0. The Morgan fingerprint density at radius 2 is 1.29 bits per heavy atom. The average molecular weight is 444 g/mol. The summed E-state index contributed by atoms with van der Waals surface area (Å²) in [7, 11) is 3.40. The number of hydrogen-bond donors (Lipinski definition) is 3. The van der Waals surface area contributed by atoms with E-state index in [-0.39, 0.29) is 10.4 Å². The smallest absolute Gasteiger partial charge is 0.366 e. The third-order valence-corrected chi connectivity index (χ3v) is 7.08. The van der Waals surface area contributed by atoms with Crippen LogP contribution in [0.4, 0.5) is 0 Å². The minimum Gasteiger partial charge on any atom is -0.481 e. The van der Waals surface area contributed by atoms with E-state index in [0.717, 1.165) is 25.7 Å². The van der Waals surface area contributed by atoms with Gasteiger partial charge in [0.2, 0.25) is 11.4 Å². The molecule has 0 aromatic rings. The molecule has 0 aliphatic heterocycles. The first-order valence-corrected chi connectivity index (χ1v) is 12.0. The van der Waals surface area contributed by atoms with E-state index in [9.17, 15) is 24.6 Å². The molecule has 1 amide bonds. The lowest BCUT2D eigenvalue weighted by molar-refractivity contribution is -0.978. The van der Waals surface area contributed by atoms with Crippen molar-refractivity contribution in [1.29, 1.82) is 0 Å². The van der Waals surface area contributed by atoms with Gasteiger partial charge in [-0.3, -0.25) is 14.1 Å². The van der Waals surface area contributed by atoms with Crippen molar-refractivity contribution in [3.05, 3.63) is 0 Å². The Balaban J connectivity index is 4.94. The zero-order valence-electron chi connectivity index (χ0n) is 20.8. The minimum atomic E-state index is -1.58. The van der Waals surface area contributed by atoms with Crippen LogP contribution in [0.5, 0.6) is 0 Å². The molecule has 0 aromatic heterocycles. The van der Waals surface area contributed by atoms with Crippen LogP contribution in [-0.4, -0.2) is 57.8 Å². The number of rotatable bonds is 18. The molecule has 0 aliphatic carbocycles. The highest BCUT2D eigenvalue weighted by Gasteiger charge is 2.58. The summed E-state index contributed by atoms with van der Waals surface area (Å²) in [5, 5.41) is 22.3. The Kier molecular flexibility index (Phi) is 13.0. The quantitative estimate of drug-likeness (QED) is 0.158. The minimum absolute atomic E-state index is 0.104. The summed E-state index contributed by atoms with van der Waals surface area (Å²) in [6.07, 6.45) is 11.7. The van der Waals surface area contributed by atoms with Crippen LogP contribution in [0.25, 0.3) is 0 Å². The van der Waals surface area contributed by atoms with Gasteiger partial charge < -0.3 is 15.5 Å². The fourth-order valence-electron chi connectivity index (χ4n) is 4.28. The van der Waals surface area contributed by atoms with Gasteiger partial charge >= 0.3 is 11.9 Å². The van der Waals surface area contributed by atoms with Crippen molar-refractivity contribution < 1.29 is 29.1 Å². The van der Waals surface area contributed by atoms with Gasteiger partial charge in [-0.2, -0.15) is 0 Å². The van der Waals surface area contributed by atoms with Crippen LogP contribution in [0.2, 0.25) is 0 Å². The molecule has 0 spiro atoms. The first-order chi connectivity index (χ1) is 14.4. The fourth-order valence-corrected chi connectivity index (χ4v) is 4.28. The SMILES string of the molecule is CCCCCCCCCCCC(=O)NC(C)(CCC)[N+](C)(C)C(C)(CC(=O)O)C(=O)O. The topological polar surface area (TPSA) is 104 Å². The van der Waals surface area contributed by atoms with Crippen LogP contribution in [0, 0.1) is 0 Å². The molecule has 2 atom stereocenters. The molecule has 0 bridgehead atoms. The average Bonchev–Trinajstić information content (AvgIpc) is 2.65. The van der Waals surface area contributed by atoms with Crippen molar-refractivity contribution in [1.82, 2.24) is 5.32 Å². The molecule has 2 unspecified atom stereocenters. The number of hydrogen-bond acceptors (Lipinski definition) is 3. The second kappa shape index (κ2) is 13.7. The predicted molar refractivity (Wildman–Crippen MR) is 124 cm³/mol. The molecule has 7 nitrogen and oxygen atoms in total. The van der Waals surface area contributed by atoms with Crippen LogP contribution < -0.4 is 5.32 Å². The Hall–Kier alpha value is -1.63. The summed E-state index contributed by atoms with van der Waals surface area (Å²) in [5.41, 5.74) is -2.48. The Labute approximate surface area is 189 Å². The van der Waals surface area contributed by atoms with Gasteiger partial charge in [-0.1, -0.05) is 65.2 Å². The number of carbonyl (C=O) groups is 3. The number of quaternary nitrogens is 1. The highest BCUT2D eigenvalue weighted by Crippen LogP contribution is 2.36. The molecule has 0 aliphatic rings. The largest absolute Gasteiger partial charge is 0.481 e. The van der Waals surface area contributed by atoms with Crippen molar-refractivity contribution in [3.8, 4) is 0 Å². The highest BCUT2D eigenvalue weighted by molar-refractivity contribution is 5.83. The van der Waals surface area contributed by atoms with Crippen molar-refractivity contribution in [2.75, 3.05) is 14.1 Å². The van der Waals surface area contributed by atoms with E-state index < -0.39 is 29.6 Å². The van der Waals surface area contributed by atoms with E-state index in [2.05, 4.69) is 12.2 Å². The van der Waals surface area contributed by atoms with E-state index in [1.807, 2.05) is 13.8 Å². The monoisotopic (exact) mass is 443 g/mol. The molecule has 0 rings (SSSR count). The number of aliphatic carboxylic acids is 2. The second-order valence-electron chi connectivity index (χ2n) is 9.75. The van der Waals surface area contributed by atoms with E-state index in [4.69, 9.17) is 0 Å². The maximum absolute atomic E-state index is 12.7. The summed E-state index contributed by atoms with van der Waals surface area (Å²) in [4.78, 5) is 36.2. The Morgan fingerprint density at radius 3 is 1.71 bits per heavy atom. The lowest BCUT2D eigenvalue weighted by Gasteiger charge is -2.54. The van der Waals surface area contributed by atoms with Crippen LogP contribution in [0.1, 0.15) is 111 Å². The van der Waals surface area contributed by atoms with Crippen LogP contribution in [0.15, 0.2) is 0 Å². The van der Waals surface area contributed by atoms with E-state index in [1.54, 1.807) is 14.1 Å². The zero-order chi connectivity index (χ0) is 24.1. The van der Waals surface area contributed by atoms with Gasteiger partial charge in [-0.25, -0.2) is 4.79 Å². The standard InChI is InChI=1S/C24H46N2O5/c1-7-9-10-11-12-13-14-15-16-17-20(27)25-24(4,18-8-2)26(5,6)23(3,22(30)31)19-21(28)29/h7-19H2,1-6H3,(H2-,25,27,28,29,30,31)/p+1. The van der Waals surface area contributed by atoms with Gasteiger partial charge in [0.15, 0.2) is 5.66 Å². The predicted octanol–water partition coefficient (Wildman–Crippen LogP) is 4.93. The number of carboxylic acids is 2. The molecule has 3 N–H and O–H groups in total. The van der Waals surface area contributed by atoms with Gasteiger partial charge in [-0.05, 0) is 12.8 Å². The van der Waals surface area contributed by atoms with Gasteiger partial charge in [0.1, 0.15) is 6.42 Å². The molecule has 0 saturated carbocycles. The van der Waals surface area contributed by atoms with Crippen LogP contribution >= 0.6 is 0 Å². The van der Waals surface area contributed by atoms with Crippen molar-refractivity contribution in [2.24, 2.45) is 0 Å². The molecule has 0 saturated heterocycles. The third-order valence-electron chi connectivity index (χ3n) is 7.08. The molecule has 7 heteroatoms. The molecule has 31 heavy (non-hydrogen) atoms. The number of nitrogens with one attached hydrogen (secondary N) is 1. The van der Waals surface area contributed by atoms with Gasteiger partial charge in [0, 0.05) is 26.7 Å². The number of carboxylic acid groups (broad SMARTS) is 2. The van der Waals surface area contributed by atoms with Crippen molar-refractivity contribution in [3.63, 3.8) is 0 Å². The molecule has 182 valence electrons. The molecular weight excluding hydrogens is 396 g/mol. The molecule has 0 fully saturated rings. The number of likely N-dealkylation sites (N-methyl/N-ethyl adjacent to an activating group) is 1. The molecular formula is C24H47N2O5+. The summed E-state index contributed by atoms with van der Waals surface area (Å²) in [5.74, 6) is -2.46. The van der Waals surface area contributed by atoms with Crippen LogP contribution in [0.3, 0.4) is 0 Å². The maximum Gasteiger partial charge on any atom is 0.366 e. The maximum atomic E-state index is 12.7. The Morgan fingerprint density at radius 1 is 0.806 bits per heavy atom. The van der Waals surface area contributed by atoms with E-state index in [0.29, 0.717) is 12.8 Å². The number of amides is 1. The van der Waals surface area contributed by atoms with Crippen molar-refractivity contribution >= 4 is 17.8 Å². The lowest BCUT2D eigenvalue weighted by atomic mass is 9.87. The van der Waals surface area contributed by atoms with E-state index >= 15 is 0 Å². The first-order valence-electron chi connectivity index (χ1n) is 12.0. The number of carbonyl (C=O) groups excluding carboxylic acids is 1. The fraction of sp³-hybridized carbons (Fsp3) is 0.875. The van der Waals surface area contributed by atoms with Crippen molar-refractivity contribution in [2.45, 2.75) is 122 Å². The molecule has 0 heterocycles. The number of unbranched alkanes of at least 4 members (excludes halogenated alkanes) is 8. The highest BCUT2D eigenvalue weighted by atomic mass is 16.4. The lowest BCUT2D eigenvalue weighted by Crippen LogP contribution is -2.76. The summed E-state index contributed by atoms with van der Waals surface area (Å²) in [6, 6.07) is 0.